The molecule has 3 rings (SSSR count). The highest BCUT2D eigenvalue weighted by atomic mass is 19.4. The molecule has 0 atom stereocenters. The highest BCUT2D eigenvalue weighted by molar-refractivity contribution is 6.21. The zero-order chi connectivity index (χ0) is 18.4. The topological polar surface area (TPSA) is 80.5 Å². The van der Waals surface area contributed by atoms with Gasteiger partial charge in [0.05, 0.1) is 28.2 Å². The number of rotatable bonds is 3. The predicted octanol–water partition coefficient (Wildman–Crippen LogP) is 3.41. The van der Waals surface area contributed by atoms with Crippen LogP contribution in [0.25, 0.3) is 0 Å². The molecule has 0 aliphatic carbocycles. The Balaban J connectivity index is 2.01. The number of imide groups is 1. The van der Waals surface area contributed by atoms with Crippen LogP contribution in [-0.2, 0) is 12.7 Å². The first-order valence-electron chi connectivity index (χ1n) is 7.00. The Morgan fingerprint density at radius 2 is 1.56 bits per heavy atom. The van der Waals surface area contributed by atoms with E-state index in [1.807, 2.05) is 0 Å². The number of nitro benzene ring substituents is 1. The highest BCUT2D eigenvalue weighted by Crippen LogP contribution is 2.36. The number of amides is 2. The normalized spacial score (nSPS) is 14.0. The Morgan fingerprint density at radius 3 is 2.04 bits per heavy atom. The monoisotopic (exact) mass is 350 g/mol. The fourth-order valence-electron chi connectivity index (χ4n) is 2.63. The van der Waals surface area contributed by atoms with Crippen molar-refractivity contribution in [2.45, 2.75) is 12.7 Å². The molecule has 1 aliphatic heterocycles. The number of halogens is 3. The van der Waals surface area contributed by atoms with Crippen molar-refractivity contribution in [2.75, 3.05) is 0 Å². The first-order chi connectivity index (χ1) is 11.7. The van der Waals surface area contributed by atoms with Crippen LogP contribution in [0, 0.1) is 10.1 Å². The van der Waals surface area contributed by atoms with Gasteiger partial charge in [0.15, 0.2) is 0 Å². The van der Waals surface area contributed by atoms with Crippen LogP contribution < -0.4 is 0 Å². The van der Waals surface area contributed by atoms with E-state index in [1.165, 1.54) is 12.1 Å². The summed E-state index contributed by atoms with van der Waals surface area (Å²) in [7, 11) is 0. The van der Waals surface area contributed by atoms with Crippen molar-refractivity contribution in [1.29, 1.82) is 0 Å². The molecule has 0 fully saturated rings. The number of hydrogen-bond acceptors (Lipinski definition) is 4. The molecule has 2 aromatic rings. The Kier molecular flexibility index (Phi) is 3.78. The molecule has 9 heteroatoms. The molecular formula is C16H9F3N2O4. The smallest absolute Gasteiger partial charge is 0.270 e. The van der Waals surface area contributed by atoms with Gasteiger partial charge in [0.2, 0.25) is 0 Å². The Bertz CT molecular complexity index is 873. The lowest BCUT2D eigenvalue weighted by molar-refractivity contribution is -0.385. The number of hydrogen-bond donors (Lipinski definition) is 0. The van der Waals surface area contributed by atoms with Crippen LogP contribution in [0.1, 0.15) is 31.8 Å². The summed E-state index contributed by atoms with van der Waals surface area (Å²) >= 11 is 0. The van der Waals surface area contributed by atoms with E-state index in [-0.39, 0.29) is 11.1 Å². The van der Waals surface area contributed by atoms with E-state index >= 15 is 0 Å². The molecule has 25 heavy (non-hydrogen) atoms. The number of carbonyl (C=O) groups is 2. The van der Waals surface area contributed by atoms with E-state index in [0.29, 0.717) is 11.0 Å². The van der Waals surface area contributed by atoms with Crippen LogP contribution in [0.4, 0.5) is 18.9 Å². The summed E-state index contributed by atoms with van der Waals surface area (Å²) in [6.07, 6.45) is -4.86. The summed E-state index contributed by atoms with van der Waals surface area (Å²) in [6.45, 7) is -0.626. The molecule has 0 aromatic heterocycles. The molecule has 0 saturated heterocycles. The SMILES string of the molecule is O=C1c2ccccc2C(=O)N1Cc1ccc([N+](=O)[O-])cc1C(F)(F)F. The van der Waals surface area contributed by atoms with E-state index in [0.717, 1.165) is 12.1 Å². The quantitative estimate of drug-likeness (QED) is 0.483. The van der Waals surface area contributed by atoms with Crippen LogP contribution in [0.15, 0.2) is 42.5 Å². The maximum atomic E-state index is 13.2. The number of nitrogens with zero attached hydrogens (tertiary/aromatic N) is 2. The lowest BCUT2D eigenvalue weighted by Gasteiger charge is -2.18. The number of benzene rings is 2. The third kappa shape index (κ3) is 2.84. The van der Waals surface area contributed by atoms with Crippen LogP contribution in [0.3, 0.4) is 0 Å². The molecule has 128 valence electrons. The molecule has 0 spiro atoms. The second-order valence-corrected chi connectivity index (χ2v) is 5.34. The van der Waals surface area contributed by atoms with E-state index in [1.54, 1.807) is 12.1 Å². The minimum Gasteiger partial charge on any atom is -0.270 e. The fraction of sp³-hybridized carbons (Fsp3) is 0.125. The van der Waals surface area contributed by atoms with Gasteiger partial charge in [-0.05, 0) is 23.8 Å². The van der Waals surface area contributed by atoms with Crippen molar-refractivity contribution in [1.82, 2.24) is 4.90 Å². The van der Waals surface area contributed by atoms with Gasteiger partial charge in [-0.3, -0.25) is 24.6 Å². The summed E-state index contributed by atoms with van der Waals surface area (Å²) in [5, 5.41) is 10.7. The van der Waals surface area contributed by atoms with Gasteiger partial charge in [-0.1, -0.05) is 12.1 Å². The third-order valence-corrected chi connectivity index (χ3v) is 3.82. The minimum absolute atomic E-state index is 0.114. The summed E-state index contributed by atoms with van der Waals surface area (Å²) < 4.78 is 39.6. The second-order valence-electron chi connectivity index (χ2n) is 5.34. The molecule has 0 saturated carbocycles. The average molecular weight is 350 g/mol. The van der Waals surface area contributed by atoms with E-state index < -0.39 is 46.3 Å². The number of carbonyl (C=O) groups excluding carboxylic acids is 2. The van der Waals surface area contributed by atoms with Crippen LogP contribution in [0.5, 0.6) is 0 Å². The first kappa shape index (κ1) is 16.6. The Hall–Kier alpha value is -3.23. The van der Waals surface area contributed by atoms with E-state index in [9.17, 15) is 32.9 Å². The van der Waals surface area contributed by atoms with Crippen LogP contribution in [-0.4, -0.2) is 21.6 Å². The largest absolute Gasteiger partial charge is 0.416 e. The van der Waals surface area contributed by atoms with Gasteiger partial charge >= 0.3 is 6.18 Å². The number of non-ortho nitro benzene ring substituents is 1. The molecule has 0 radical (unpaired) electrons. The average Bonchev–Trinajstić information content (AvgIpc) is 2.79. The highest BCUT2D eigenvalue weighted by Gasteiger charge is 2.39. The Labute approximate surface area is 138 Å². The summed E-state index contributed by atoms with van der Waals surface area (Å²) in [4.78, 5) is 35.0. The van der Waals surface area contributed by atoms with Gasteiger partial charge in [-0.15, -0.1) is 0 Å². The van der Waals surface area contributed by atoms with Crippen LogP contribution in [0.2, 0.25) is 0 Å². The first-order valence-corrected chi connectivity index (χ1v) is 7.00. The predicted molar refractivity (Wildman–Crippen MR) is 78.7 cm³/mol. The molecule has 1 heterocycles. The summed E-state index contributed by atoms with van der Waals surface area (Å²) in [5.41, 5.74) is -2.14. The van der Waals surface area contributed by atoms with Crippen LogP contribution >= 0.6 is 0 Å². The second kappa shape index (κ2) is 5.69. The van der Waals surface area contributed by atoms with Crippen molar-refractivity contribution in [3.8, 4) is 0 Å². The molecule has 2 amide bonds. The Morgan fingerprint density at radius 1 is 1.00 bits per heavy atom. The van der Waals surface area contributed by atoms with Crippen molar-refractivity contribution in [3.05, 3.63) is 74.8 Å². The van der Waals surface area contributed by atoms with Gasteiger partial charge in [-0.25, -0.2) is 0 Å². The lowest BCUT2D eigenvalue weighted by Crippen LogP contribution is -2.30. The third-order valence-electron chi connectivity index (χ3n) is 3.82. The van der Waals surface area contributed by atoms with Gasteiger partial charge in [0, 0.05) is 12.1 Å². The fourth-order valence-corrected chi connectivity index (χ4v) is 2.63. The minimum atomic E-state index is -4.86. The van der Waals surface area contributed by atoms with Crippen molar-refractivity contribution < 1.29 is 27.7 Å². The van der Waals surface area contributed by atoms with E-state index in [2.05, 4.69) is 0 Å². The summed E-state index contributed by atoms with van der Waals surface area (Å²) in [6, 6.07) is 8.12. The zero-order valence-corrected chi connectivity index (χ0v) is 12.4. The van der Waals surface area contributed by atoms with Gasteiger partial charge in [0.25, 0.3) is 17.5 Å². The standard InChI is InChI=1S/C16H9F3N2O4/c17-16(18,19)13-7-10(21(24)25)6-5-9(13)8-20-14(22)11-3-1-2-4-12(11)15(20)23/h1-7H,8H2. The van der Waals surface area contributed by atoms with Gasteiger partial charge in [0.1, 0.15) is 0 Å². The molecule has 0 unspecified atom stereocenters. The van der Waals surface area contributed by atoms with E-state index in [4.69, 9.17) is 0 Å². The molecular weight excluding hydrogens is 341 g/mol. The lowest BCUT2D eigenvalue weighted by atomic mass is 10.1. The van der Waals surface area contributed by atoms with Crippen molar-refractivity contribution in [2.24, 2.45) is 0 Å². The number of nitro groups is 1. The molecule has 0 N–H and O–H groups in total. The molecule has 0 bridgehead atoms. The zero-order valence-electron chi connectivity index (χ0n) is 12.4. The molecule has 6 nitrogen and oxygen atoms in total. The molecule has 2 aromatic carbocycles. The number of alkyl halides is 3. The maximum Gasteiger partial charge on any atom is 0.416 e. The van der Waals surface area contributed by atoms with Crippen molar-refractivity contribution >= 4 is 17.5 Å². The van der Waals surface area contributed by atoms with Gasteiger partial charge in [-0.2, -0.15) is 13.2 Å². The maximum absolute atomic E-state index is 13.2. The summed E-state index contributed by atoms with van der Waals surface area (Å²) in [5.74, 6) is -1.40. The van der Waals surface area contributed by atoms with Crippen molar-refractivity contribution in [3.63, 3.8) is 0 Å². The number of fused-ring (bicyclic) bond motifs is 1. The molecule has 1 aliphatic rings. The van der Waals surface area contributed by atoms with Gasteiger partial charge < -0.3 is 0 Å².